The summed E-state index contributed by atoms with van der Waals surface area (Å²) in [6.07, 6.45) is 5.65. The van der Waals surface area contributed by atoms with E-state index < -0.39 is 0 Å². The van der Waals surface area contributed by atoms with E-state index >= 15 is 0 Å². The quantitative estimate of drug-likeness (QED) is 0.499. The van der Waals surface area contributed by atoms with Crippen molar-refractivity contribution in [1.29, 1.82) is 0 Å². The number of rotatable bonds is 0. The first-order valence-electron chi connectivity index (χ1n) is 9.15. The number of amides is 1. The maximum atomic E-state index is 10.9. The van der Waals surface area contributed by atoms with Crippen molar-refractivity contribution in [3.63, 3.8) is 0 Å². The van der Waals surface area contributed by atoms with Crippen LogP contribution in [-0.4, -0.2) is 54.7 Å². The van der Waals surface area contributed by atoms with Gasteiger partial charge in [0.15, 0.2) is 0 Å². The second-order valence-electron chi connectivity index (χ2n) is 9.09. The van der Waals surface area contributed by atoms with Crippen molar-refractivity contribution in [2.75, 3.05) is 33.3 Å². The number of carbonyl (C=O) groups is 1. The van der Waals surface area contributed by atoms with Gasteiger partial charge < -0.3 is 9.64 Å². The molecule has 0 bridgehead atoms. The molecule has 1 aliphatic carbocycles. The SMILES string of the molecule is C.C.C.CC(C)(C)C1CCC1.CC(C)(C)N1CCOC1=O.CN1CCC1. The fourth-order valence-electron chi connectivity index (χ4n) is 2.75. The van der Waals surface area contributed by atoms with Crippen LogP contribution in [0.25, 0.3) is 0 Å². The molecule has 2 heterocycles. The highest BCUT2D eigenvalue weighted by Gasteiger charge is 2.31. The Morgan fingerprint density at radius 1 is 0.885 bits per heavy atom. The lowest BCUT2D eigenvalue weighted by Crippen LogP contribution is -2.41. The summed E-state index contributed by atoms with van der Waals surface area (Å²) in [5, 5.41) is 0. The Kier molecular flexibility index (Phi) is 14.5. The number of nitrogens with zero attached hydrogens (tertiary/aromatic N) is 2. The largest absolute Gasteiger partial charge is 0.448 e. The van der Waals surface area contributed by atoms with Gasteiger partial charge >= 0.3 is 6.09 Å². The number of cyclic esters (lactones) is 1. The number of hydrogen-bond donors (Lipinski definition) is 0. The number of likely N-dealkylation sites (tertiary alicyclic amines) is 1. The maximum absolute atomic E-state index is 10.9. The highest BCUT2D eigenvalue weighted by atomic mass is 16.6. The van der Waals surface area contributed by atoms with Crippen LogP contribution in [-0.2, 0) is 4.74 Å². The third kappa shape index (κ3) is 10.4. The van der Waals surface area contributed by atoms with Crippen molar-refractivity contribution in [2.45, 2.75) is 95.0 Å². The Bertz CT molecular complexity index is 361. The number of carbonyl (C=O) groups excluding carboxylic acids is 1. The minimum atomic E-state index is -0.187. The highest BCUT2D eigenvalue weighted by Crippen LogP contribution is 2.40. The molecule has 1 saturated carbocycles. The van der Waals surface area contributed by atoms with Gasteiger partial charge in [0.2, 0.25) is 0 Å². The van der Waals surface area contributed by atoms with Crippen LogP contribution in [0.2, 0.25) is 0 Å². The summed E-state index contributed by atoms with van der Waals surface area (Å²) >= 11 is 0. The van der Waals surface area contributed by atoms with Crippen molar-refractivity contribution < 1.29 is 9.53 Å². The van der Waals surface area contributed by atoms with Crippen LogP contribution in [0.1, 0.15) is 89.5 Å². The molecule has 0 spiro atoms. The van der Waals surface area contributed by atoms with Crippen LogP contribution in [0.4, 0.5) is 4.79 Å². The zero-order chi connectivity index (χ0) is 17.7. The van der Waals surface area contributed by atoms with Gasteiger partial charge in [0.1, 0.15) is 6.61 Å². The molecule has 0 aromatic carbocycles. The Hall–Kier alpha value is -0.770. The Labute approximate surface area is 165 Å². The molecule has 26 heavy (non-hydrogen) atoms. The van der Waals surface area contributed by atoms with Crippen LogP contribution in [0.15, 0.2) is 0 Å². The van der Waals surface area contributed by atoms with Gasteiger partial charge in [0, 0.05) is 5.54 Å². The van der Waals surface area contributed by atoms with E-state index in [4.69, 9.17) is 4.74 Å². The molecular formula is C22H50N2O2. The van der Waals surface area contributed by atoms with Crippen LogP contribution in [0, 0.1) is 11.3 Å². The Balaban J connectivity index is -0.000000301. The van der Waals surface area contributed by atoms with Gasteiger partial charge in [-0.25, -0.2) is 4.79 Å². The fourth-order valence-corrected chi connectivity index (χ4v) is 2.75. The Morgan fingerprint density at radius 3 is 1.42 bits per heavy atom. The van der Waals surface area contributed by atoms with E-state index in [9.17, 15) is 4.79 Å². The van der Waals surface area contributed by atoms with Gasteiger partial charge in [0.25, 0.3) is 0 Å². The van der Waals surface area contributed by atoms with E-state index in [1.807, 2.05) is 20.8 Å². The molecule has 0 radical (unpaired) electrons. The molecule has 0 N–H and O–H groups in total. The van der Waals surface area contributed by atoms with E-state index in [2.05, 4.69) is 32.7 Å². The Morgan fingerprint density at radius 2 is 1.35 bits per heavy atom. The first-order chi connectivity index (χ1) is 10.5. The third-order valence-corrected chi connectivity index (χ3v) is 4.98. The first-order valence-corrected chi connectivity index (χ1v) is 9.15. The lowest BCUT2D eigenvalue weighted by molar-refractivity contribution is 0.132. The number of hydrogen-bond acceptors (Lipinski definition) is 3. The lowest BCUT2D eigenvalue weighted by atomic mass is 9.69. The van der Waals surface area contributed by atoms with Gasteiger partial charge in [-0.2, -0.15) is 0 Å². The molecule has 3 rings (SSSR count). The van der Waals surface area contributed by atoms with Crippen LogP contribution in [0.5, 0.6) is 0 Å². The van der Waals surface area contributed by atoms with E-state index in [1.54, 1.807) is 4.90 Å². The van der Waals surface area contributed by atoms with Crippen molar-refractivity contribution in [1.82, 2.24) is 9.80 Å². The van der Waals surface area contributed by atoms with E-state index in [-0.39, 0.29) is 33.9 Å². The third-order valence-electron chi connectivity index (χ3n) is 4.98. The van der Waals surface area contributed by atoms with Gasteiger partial charge in [-0.05, 0) is 71.5 Å². The van der Waals surface area contributed by atoms with Crippen molar-refractivity contribution in [3.8, 4) is 0 Å². The molecule has 1 amide bonds. The summed E-state index contributed by atoms with van der Waals surface area (Å²) in [6.45, 7) is 16.9. The minimum absolute atomic E-state index is 0. The van der Waals surface area contributed by atoms with Crippen LogP contribution >= 0.6 is 0 Å². The van der Waals surface area contributed by atoms with E-state index in [1.165, 1.54) is 38.8 Å². The summed E-state index contributed by atoms with van der Waals surface area (Å²) < 4.78 is 4.78. The topological polar surface area (TPSA) is 32.8 Å². The van der Waals surface area contributed by atoms with E-state index in [0.29, 0.717) is 12.0 Å². The van der Waals surface area contributed by atoms with Crippen LogP contribution in [0.3, 0.4) is 0 Å². The lowest BCUT2D eigenvalue weighted by Gasteiger charge is -2.37. The van der Waals surface area contributed by atoms with E-state index in [0.717, 1.165) is 12.5 Å². The summed E-state index contributed by atoms with van der Waals surface area (Å²) in [6, 6.07) is 0. The molecule has 0 aromatic heterocycles. The molecule has 3 fully saturated rings. The number of ether oxygens (including phenoxy) is 1. The molecule has 4 nitrogen and oxygen atoms in total. The standard InChI is InChI=1S/C8H16.C7H13NO2.C4H9N.3CH4/c1-8(2,3)7-5-4-6-7;1-7(2,3)8-4-5-10-6(8)9;1-5-3-2-4-5;;;/h7H,4-6H2,1-3H3;4-5H2,1-3H3;2-4H2,1H3;3*1H4. The fraction of sp³-hybridized carbons (Fsp3) is 0.955. The smallest absolute Gasteiger partial charge is 0.410 e. The predicted molar refractivity (Wildman–Crippen MR) is 117 cm³/mol. The monoisotopic (exact) mass is 374 g/mol. The molecule has 160 valence electrons. The van der Waals surface area contributed by atoms with Gasteiger partial charge in [-0.1, -0.05) is 49.5 Å². The highest BCUT2D eigenvalue weighted by molar-refractivity contribution is 5.70. The predicted octanol–water partition coefficient (Wildman–Crippen LogP) is 6.30. The zero-order valence-corrected chi connectivity index (χ0v) is 16.4. The van der Waals surface area contributed by atoms with Crippen molar-refractivity contribution in [3.05, 3.63) is 0 Å². The summed E-state index contributed by atoms with van der Waals surface area (Å²) in [7, 11) is 2.14. The summed E-state index contributed by atoms with van der Waals surface area (Å²) in [4.78, 5) is 15.0. The molecule has 3 aliphatic rings. The minimum Gasteiger partial charge on any atom is -0.448 e. The molecule has 0 aromatic rings. The average Bonchev–Trinajstić information content (AvgIpc) is 2.69. The second-order valence-corrected chi connectivity index (χ2v) is 9.09. The van der Waals surface area contributed by atoms with Gasteiger partial charge in [0.05, 0.1) is 6.54 Å². The van der Waals surface area contributed by atoms with Crippen LogP contribution < -0.4 is 0 Å². The maximum Gasteiger partial charge on any atom is 0.410 e. The molecule has 2 saturated heterocycles. The first kappa shape index (κ1) is 30.0. The van der Waals surface area contributed by atoms with Gasteiger partial charge in [-0.3, -0.25) is 4.90 Å². The molecular weight excluding hydrogens is 324 g/mol. The molecule has 0 atom stereocenters. The van der Waals surface area contributed by atoms with Gasteiger partial charge in [-0.15, -0.1) is 0 Å². The van der Waals surface area contributed by atoms with Crippen molar-refractivity contribution >= 4 is 6.09 Å². The normalized spacial score (nSPS) is 19.5. The average molecular weight is 375 g/mol. The summed E-state index contributed by atoms with van der Waals surface area (Å²) in [5.41, 5.74) is 0.506. The molecule has 2 aliphatic heterocycles. The summed E-state index contributed by atoms with van der Waals surface area (Å²) in [5.74, 6) is 1.03. The second kappa shape index (κ2) is 12.6. The van der Waals surface area contributed by atoms with Crippen molar-refractivity contribution in [2.24, 2.45) is 11.3 Å². The molecule has 4 heteroatoms. The molecule has 0 unspecified atom stereocenters. The zero-order valence-electron chi connectivity index (χ0n) is 16.4.